The van der Waals surface area contributed by atoms with E-state index in [4.69, 9.17) is 0 Å². The molecule has 3 saturated carbocycles. The van der Waals surface area contributed by atoms with E-state index in [9.17, 15) is 4.79 Å². The van der Waals surface area contributed by atoms with Gasteiger partial charge in [-0.15, -0.1) is 0 Å². The lowest BCUT2D eigenvalue weighted by Gasteiger charge is -2.61. The zero-order chi connectivity index (χ0) is 20.0. The van der Waals surface area contributed by atoms with Gasteiger partial charge >= 0.3 is 0 Å². The Bertz CT molecular complexity index is 441. The van der Waals surface area contributed by atoms with Crippen LogP contribution in [-0.2, 0) is 4.79 Å². The zero-order valence-corrected chi connectivity index (χ0v) is 18.7. The number of hydrogen-bond acceptors (Lipinski definition) is 1. The first-order chi connectivity index (χ1) is 13.6. The molecular weight excluding hydrogens is 347 g/mol. The second kappa shape index (κ2) is 10.1. The molecule has 0 N–H and O–H groups in total. The monoisotopic (exact) mass is 392 g/mol. The second-order valence-corrected chi connectivity index (χ2v) is 10.6. The maximum atomic E-state index is 15.6. The zero-order valence-electron chi connectivity index (χ0n) is 18.7. The van der Waals surface area contributed by atoms with Crippen molar-refractivity contribution in [1.82, 2.24) is 0 Å². The molecule has 3 fully saturated rings. The summed E-state index contributed by atoms with van der Waals surface area (Å²) in [6.07, 6.45) is 20.1. The Labute approximate surface area is 173 Å². The number of unbranched alkanes of at least 4 members (excludes halogenated alkanes) is 6. The molecular formula is C26H45FO. The number of Topliss-reactive ketones (excluding diaryl/α,β-unsaturated/α-hetero) is 1. The normalized spacial score (nSPS) is 38.1. The highest BCUT2D eigenvalue weighted by molar-refractivity contribution is 5.98. The summed E-state index contributed by atoms with van der Waals surface area (Å²) in [5.41, 5.74) is -1.12. The summed E-state index contributed by atoms with van der Waals surface area (Å²) in [5, 5.41) is 0. The van der Waals surface area contributed by atoms with Crippen LogP contribution in [0.1, 0.15) is 129 Å². The fourth-order valence-corrected chi connectivity index (χ4v) is 6.82. The summed E-state index contributed by atoms with van der Waals surface area (Å²) in [4.78, 5) is 13.3. The van der Waals surface area contributed by atoms with Crippen molar-refractivity contribution in [2.24, 2.45) is 22.7 Å². The quantitative estimate of drug-likeness (QED) is 0.342. The predicted molar refractivity (Wildman–Crippen MR) is 116 cm³/mol. The smallest absolute Gasteiger partial charge is 0.151 e. The molecule has 162 valence electrons. The van der Waals surface area contributed by atoms with Gasteiger partial charge in [0.1, 0.15) is 6.17 Å². The van der Waals surface area contributed by atoms with E-state index in [2.05, 4.69) is 13.8 Å². The van der Waals surface area contributed by atoms with Crippen molar-refractivity contribution in [3.8, 4) is 0 Å². The average Bonchev–Trinajstić information content (AvgIpc) is 2.74. The van der Waals surface area contributed by atoms with E-state index < -0.39 is 17.0 Å². The Morgan fingerprint density at radius 2 is 1.11 bits per heavy atom. The van der Waals surface area contributed by atoms with Gasteiger partial charge in [-0.3, -0.25) is 4.79 Å². The highest BCUT2D eigenvalue weighted by Gasteiger charge is 2.71. The number of ketones is 1. The van der Waals surface area contributed by atoms with Gasteiger partial charge in [-0.1, -0.05) is 78.1 Å². The van der Waals surface area contributed by atoms with E-state index in [1.165, 1.54) is 64.2 Å². The van der Waals surface area contributed by atoms with Crippen molar-refractivity contribution in [2.75, 3.05) is 0 Å². The molecule has 3 aliphatic carbocycles. The van der Waals surface area contributed by atoms with Crippen LogP contribution >= 0.6 is 0 Å². The Balaban J connectivity index is 1.43. The van der Waals surface area contributed by atoms with Gasteiger partial charge < -0.3 is 0 Å². The number of rotatable bonds is 10. The van der Waals surface area contributed by atoms with Crippen LogP contribution in [0, 0.1) is 22.7 Å². The Morgan fingerprint density at radius 3 is 1.43 bits per heavy atom. The van der Waals surface area contributed by atoms with Crippen molar-refractivity contribution >= 4 is 5.78 Å². The first kappa shape index (κ1) is 22.3. The first-order valence-electron chi connectivity index (χ1n) is 12.8. The average molecular weight is 393 g/mol. The van der Waals surface area contributed by atoms with Crippen molar-refractivity contribution < 1.29 is 9.18 Å². The molecule has 0 heterocycles. The molecule has 0 aromatic carbocycles. The van der Waals surface area contributed by atoms with E-state index in [1.807, 2.05) is 0 Å². The second-order valence-electron chi connectivity index (χ2n) is 10.6. The molecule has 28 heavy (non-hydrogen) atoms. The number of halogens is 1. The lowest BCUT2D eigenvalue weighted by atomic mass is 9.41. The minimum atomic E-state index is -0.838. The maximum absolute atomic E-state index is 15.6. The topological polar surface area (TPSA) is 17.1 Å². The maximum Gasteiger partial charge on any atom is 0.151 e. The molecule has 0 radical (unpaired) electrons. The molecule has 0 unspecified atom stereocenters. The van der Waals surface area contributed by atoms with E-state index in [-0.39, 0.29) is 0 Å². The van der Waals surface area contributed by atoms with E-state index in [0.717, 1.165) is 63.2 Å². The van der Waals surface area contributed by atoms with Crippen LogP contribution < -0.4 is 0 Å². The molecule has 2 spiro atoms. The van der Waals surface area contributed by atoms with Gasteiger partial charge in [0.05, 0.1) is 10.8 Å². The molecule has 0 aromatic heterocycles. The molecule has 3 rings (SSSR count). The fraction of sp³-hybridized carbons (Fsp3) is 0.962. The summed E-state index contributed by atoms with van der Waals surface area (Å²) in [5.74, 6) is 1.84. The molecule has 0 aliphatic heterocycles. The van der Waals surface area contributed by atoms with Crippen LogP contribution in [-0.4, -0.2) is 12.0 Å². The van der Waals surface area contributed by atoms with Crippen LogP contribution in [0.25, 0.3) is 0 Å². The minimum absolute atomic E-state index is 0.348. The van der Waals surface area contributed by atoms with Crippen LogP contribution in [0.5, 0.6) is 0 Å². The highest BCUT2D eigenvalue weighted by Crippen LogP contribution is 2.65. The number of alkyl halides is 1. The number of carbonyl (C=O) groups excluding carboxylic acids is 1. The largest absolute Gasteiger partial charge is 0.298 e. The lowest BCUT2D eigenvalue weighted by molar-refractivity contribution is -0.193. The van der Waals surface area contributed by atoms with Gasteiger partial charge in [0.15, 0.2) is 5.78 Å². The molecule has 0 saturated heterocycles. The standard InChI is InChI=1S/C26H45FO/c1-3-5-7-9-11-21-13-17-25(18-14-21)23(27)26(24(25)28)19-15-22(16-20-26)12-10-8-6-4-2/h21-23H,3-20H2,1-2H3. The summed E-state index contributed by atoms with van der Waals surface area (Å²) >= 11 is 0. The molecule has 0 bridgehead atoms. The van der Waals surface area contributed by atoms with Crippen molar-refractivity contribution in [3.05, 3.63) is 0 Å². The molecule has 3 aliphatic rings. The van der Waals surface area contributed by atoms with Crippen LogP contribution in [0.4, 0.5) is 4.39 Å². The minimum Gasteiger partial charge on any atom is -0.298 e. The highest BCUT2D eigenvalue weighted by atomic mass is 19.1. The van der Waals surface area contributed by atoms with Crippen molar-refractivity contribution in [1.29, 1.82) is 0 Å². The molecule has 2 heteroatoms. The van der Waals surface area contributed by atoms with E-state index in [1.54, 1.807) is 0 Å². The van der Waals surface area contributed by atoms with Gasteiger partial charge in [-0.25, -0.2) is 4.39 Å². The van der Waals surface area contributed by atoms with Crippen molar-refractivity contribution in [2.45, 2.75) is 136 Å². The Morgan fingerprint density at radius 1 is 0.714 bits per heavy atom. The third kappa shape index (κ3) is 4.36. The molecule has 0 aromatic rings. The van der Waals surface area contributed by atoms with Gasteiger partial charge in [0.25, 0.3) is 0 Å². The fourth-order valence-electron chi connectivity index (χ4n) is 6.82. The summed E-state index contributed by atoms with van der Waals surface area (Å²) in [7, 11) is 0. The Kier molecular flexibility index (Phi) is 8.02. The van der Waals surface area contributed by atoms with Gasteiger partial charge in [0.2, 0.25) is 0 Å². The van der Waals surface area contributed by atoms with Gasteiger partial charge in [-0.2, -0.15) is 0 Å². The molecule has 0 atom stereocenters. The molecule has 0 amide bonds. The third-order valence-corrected chi connectivity index (χ3v) is 8.80. The van der Waals surface area contributed by atoms with Crippen LogP contribution in [0.15, 0.2) is 0 Å². The SMILES string of the molecule is CCCCCCC1CCC2(CC1)C(=O)C1(CCC(CCCCCC)CC1)C2F. The van der Waals surface area contributed by atoms with Crippen LogP contribution in [0.2, 0.25) is 0 Å². The lowest BCUT2D eigenvalue weighted by Crippen LogP contribution is -2.69. The molecule has 1 nitrogen and oxygen atoms in total. The summed E-state index contributed by atoms with van der Waals surface area (Å²) in [6.45, 7) is 4.51. The third-order valence-electron chi connectivity index (χ3n) is 8.80. The Hall–Kier alpha value is -0.400. The summed E-state index contributed by atoms with van der Waals surface area (Å²) < 4.78 is 15.6. The predicted octanol–water partition coefficient (Wildman–Crippen LogP) is 8.20. The first-order valence-corrected chi connectivity index (χ1v) is 12.8. The number of carbonyl (C=O) groups is 1. The van der Waals surface area contributed by atoms with Crippen molar-refractivity contribution in [3.63, 3.8) is 0 Å². The summed E-state index contributed by atoms with van der Waals surface area (Å²) in [6, 6.07) is 0. The van der Waals surface area contributed by atoms with E-state index in [0.29, 0.717) is 5.78 Å². The number of hydrogen-bond donors (Lipinski definition) is 0. The van der Waals surface area contributed by atoms with Gasteiger partial charge in [-0.05, 0) is 63.2 Å². The van der Waals surface area contributed by atoms with Crippen LogP contribution in [0.3, 0.4) is 0 Å². The van der Waals surface area contributed by atoms with Gasteiger partial charge in [0, 0.05) is 0 Å². The van der Waals surface area contributed by atoms with E-state index >= 15 is 4.39 Å².